The van der Waals surface area contributed by atoms with Gasteiger partial charge in [-0.25, -0.2) is 25.6 Å². The summed E-state index contributed by atoms with van der Waals surface area (Å²) in [4.78, 5) is -0.625. The Bertz CT molecular complexity index is 1520. The highest BCUT2D eigenvalue weighted by atomic mass is 35.7. The predicted molar refractivity (Wildman–Crippen MR) is 159 cm³/mol. The van der Waals surface area contributed by atoms with Crippen LogP contribution in [0.4, 0.5) is 22.0 Å². The van der Waals surface area contributed by atoms with Gasteiger partial charge in [-0.3, -0.25) is 4.18 Å². The lowest BCUT2D eigenvalue weighted by Crippen LogP contribution is -2.47. The number of rotatable bonds is 8. The molecule has 2 aromatic rings. The SMILES string of the molecule is CS(=O)(=O)O[C@H]1CC[C@](c2cc(F)ccc2F)(S(=O)(=O)c2ccc(C(F)(F)F)cc2)C[C@@H]1CCS(=O)(=O)Cl.S.S.S. The fourth-order valence-corrected chi connectivity index (χ4v) is 8.49. The number of benzene rings is 2. The Hall–Kier alpha value is -0.760. The summed E-state index contributed by atoms with van der Waals surface area (Å²) >= 11 is 0. The summed E-state index contributed by atoms with van der Waals surface area (Å²) in [6.45, 7) is 0. The maximum Gasteiger partial charge on any atom is 0.416 e. The molecular weight excluding hydrogens is 699 g/mol. The van der Waals surface area contributed by atoms with Crippen molar-refractivity contribution < 1.29 is 51.4 Å². The second kappa shape index (κ2) is 14.3. The smallest absolute Gasteiger partial charge is 0.267 e. The highest BCUT2D eigenvalue weighted by Gasteiger charge is 2.53. The Morgan fingerprint density at radius 1 is 0.951 bits per heavy atom. The lowest BCUT2D eigenvalue weighted by molar-refractivity contribution is -0.137. The summed E-state index contributed by atoms with van der Waals surface area (Å²) in [7, 11) is -7.74. The Labute approximate surface area is 261 Å². The van der Waals surface area contributed by atoms with Crippen molar-refractivity contribution in [2.75, 3.05) is 12.0 Å². The minimum atomic E-state index is -4.79. The van der Waals surface area contributed by atoms with E-state index in [4.69, 9.17) is 14.9 Å². The third-order valence-corrected chi connectivity index (χ3v) is 10.7. The van der Waals surface area contributed by atoms with Crippen LogP contribution >= 0.6 is 51.2 Å². The molecule has 0 aromatic heterocycles. The number of alkyl halides is 3. The first-order chi connectivity index (χ1) is 17.3. The van der Waals surface area contributed by atoms with Crippen molar-refractivity contribution in [1.29, 1.82) is 0 Å². The van der Waals surface area contributed by atoms with E-state index >= 15 is 4.39 Å². The van der Waals surface area contributed by atoms with Crippen LogP contribution in [0.1, 0.15) is 36.8 Å². The van der Waals surface area contributed by atoms with Crippen LogP contribution < -0.4 is 0 Å². The van der Waals surface area contributed by atoms with Gasteiger partial charge in [0.15, 0.2) is 9.84 Å². The van der Waals surface area contributed by atoms with Gasteiger partial charge in [-0.15, -0.1) is 0 Å². The molecule has 0 bridgehead atoms. The highest BCUT2D eigenvalue weighted by Crippen LogP contribution is 2.51. The van der Waals surface area contributed by atoms with Gasteiger partial charge in [0.1, 0.15) is 16.4 Å². The zero-order valence-electron chi connectivity index (χ0n) is 21.1. The molecular formula is C22H28ClF5O7S6. The Morgan fingerprint density at radius 3 is 2.00 bits per heavy atom. The maximum absolute atomic E-state index is 15.1. The fourth-order valence-electron chi connectivity index (χ4n) is 4.73. The third kappa shape index (κ3) is 9.61. The summed E-state index contributed by atoms with van der Waals surface area (Å²) in [6.07, 6.45) is -7.16. The van der Waals surface area contributed by atoms with Crippen molar-refractivity contribution in [1.82, 2.24) is 0 Å². The molecule has 0 unspecified atom stereocenters. The molecule has 3 rings (SSSR count). The van der Waals surface area contributed by atoms with Gasteiger partial charge in [-0.05, 0) is 74.1 Å². The van der Waals surface area contributed by atoms with Gasteiger partial charge in [-0.2, -0.15) is 62.1 Å². The van der Waals surface area contributed by atoms with E-state index in [9.17, 15) is 42.8 Å². The van der Waals surface area contributed by atoms with Gasteiger partial charge in [0.25, 0.3) is 10.1 Å². The molecule has 0 aliphatic heterocycles. The minimum Gasteiger partial charge on any atom is -0.267 e. The van der Waals surface area contributed by atoms with Gasteiger partial charge in [-0.1, -0.05) is 0 Å². The van der Waals surface area contributed by atoms with Gasteiger partial charge in [0.05, 0.1) is 28.6 Å². The van der Waals surface area contributed by atoms with Crippen LogP contribution in [0.3, 0.4) is 0 Å². The Balaban J connectivity index is 0.00000533. The first kappa shape index (κ1) is 40.2. The fraction of sp³-hybridized carbons (Fsp3) is 0.455. The van der Waals surface area contributed by atoms with Crippen molar-refractivity contribution in [2.45, 2.75) is 47.6 Å². The largest absolute Gasteiger partial charge is 0.416 e. The predicted octanol–water partition coefficient (Wildman–Crippen LogP) is 5.09. The van der Waals surface area contributed by atoms with E-state index in [1.54, 1.807) is 0 Å². The van der Waals surface area contributed by atoms with E-state index in [1.165, 1.54) is 0 Å². The second-order valence-corrected chi connectivity index (χ2v) is 15.8. The Morgan fingerprint density at radius 2 is 1.51 bits per heavy atom. The average Bonchev–Trinajstić information content (AvgIpc) is 2.78. The molecule has 19 heteroatoms. The quantitative estimate of drug-likeness (QED) is 0.212. The van der Waals surface area contributed by atoms with E-state index < -0.39 is 105 Å². The number of hydrogen-bond acceptors (Lipinski definition) is 7. The van der Waals surface area contributed by atoms with Crippen LogP contribution in [0.25, 0.3) is 0 Å². The zero-order chi connectivity index (χ0) is 28.7. The molecule has 236 valence electrons. The average molecular weight is 727 g/mol. The van der Waals surface area contributed by atoms with Crippen LogP contribution in [0.2, 0.25) is 0 Å². The monoisotopic (exact) mass is 726 g/mol. The topological polar surface area (TPSA) is 112 Å². The third-order valence-electron chi connectivity index (χ3n) is 6.41. The van der Waals surface area contributed by atoms with E-state index in [-0.39, 0.29) is 46.9 Å². The standard InChI is InChI=1S/C22H22ClF5O7S3.3H2S/c1-36(29,30)35-20-8-10-21(13-14(20)9-11-37(23,31)32,18-12-16(24)4-7-19(18)25)38(33,34)17-5-2-15(3-6-17)22(26,27)28;;;/h2-7,12,14,20H,8-11,13H2,1H3;3*1H2/t14-,20-,21-;;;/m0.../s1. The normalized spacial score (nSPS) is 21.6. The van der Waals surface area contributed by atoms with Crippen LogP contribution in [-0.2, 0) is 44.1 Å². The minimum absolute atomic E-state index is 0. The summed E-state index contributed by atoms with van der Waals surface area (Å²) in [5.74, 6) is -4.00. The van der Waals surface area contributed by atoms with Gasteiger partial charge < -0.3 is 0 Å². The van der Waals surface area contributed by atoms with Crippen LogP contribution in [-0.4, -0.2) is 43.4 Å². The van der Waals surface area contributed by atoms with E-state index in [0.717, 1.165) is 12.3 Å². The van der Waals surface area contributed by atoms with Crippen LogP contribution in [0, 0.1) is 17.6 Å². The molecule has 1 saturated carbocycles. The molecule has 7 nitrogen and oxygen atoms in total. The lowest BCUT2D eigenvalue weighted by Gasteiger charge is -2.44. The molecule has 0 N–H and O–H groups in total. The van der Waals surface area contributed by atoms with Crippen molar-refractivity contribution in [3.05, 3.63) is 65.2 Å². The van der Waals surface area contributed by atoms with E-state index in [2.05, 4.69) is 0 Å². The van der Waals surface area contributed by atoms with Crippen molar-refractivity contribution in [2.24, 2.45) is 5.92 Å². The maximum atomic E-state index is 15.1. The van der Waals surface area contributed by atoms with Crippen LogP contribution in [0.15, 0.2) is 47.4 Å². The molecule has 0 saturated heterocycles. The summed E-state index contributed by atoms with van der Waals surface area (Å²) in [6, 6.07) is 4.50. The van der Waals surface area contributed by atoms with Gasteiger partial charge in [0.2, 0.25) is 9.05 Å². The van der Waals surface area contributed by atoms with Gasteiger partial charge in [0, 0.05) is 16.2 Å². The summed E-state index contributed by atoms with van der Waals surface area (Å²) < 4.78 is 146. The number of sulfone groups is 1. The molecule has 0 spiro atoms. The Kier molecular flexibility index (Phi) is 14.1. The first-order valence-corrected chi connectivity index (χ1v) is 16.7. The molecule has 1 aliphatic rings. The number of hydrogen-bond donors (Lipinski definition) is 0. The second-order valence-electron chi connectivity index (χ2n) is 9.02. The summed E-state index contributed by atoms with van der Waals surface area (Å²) in [5.41, 5.74) is -1.77. The summed E-state index contributed by atoms with van der Waals surface area (Å²) in [5, 5.41) is 0. The van der Waals surface area contributed by atoms with Crippen LogP contribution in [0.5, 0.6) is 0 Å². The van der Waals surface area contributed by atoms with Crippen molar-refractivity contribution in [3.8, 4) is 0 Å². The molecule has 0 amide bonds. The van der Waals surface area contributed by atoms with Gasteiger partial charge >= 0.3 is 6.18 Å². The van der Waals surface area contributed by atoms with E-state index in [0.29, 0.717) is 36.4 Å². The molecule has 0 heterocycles. The molecule has 1 fully saturated rings. The molecule has 3 atom stereocenters. The zero-order valence-corrected chi connectivity index (χ0v) is 27.3. The molecule has 0 radical (unpaired) electrons. The van der Waals surface area contributed by atoms with Crippen molar-refractivity contribution >= 4 is 80.2 Å². The number of halogens is 6. The molecule has 2 aromatic carbocycles. The molecule has 1 aliphatic carbocycles. The first-order valence-electron chi connectivity index (χ1n) is 10.9. The van der Waals surface area contributed by atoms with Crippen molar-refractivity contribution in [3.63, 3.8) is 0 Å². The molecule has 41 heavy (non-hydrogen) atoms. The highest BCUT2D eigenvalue weighted by molar-refractivity contribution is 8.13. The van der Waals surface area contributed by atoms with E-state index in [1.807, 2.05) is 0 Å². The lowest BCUT2D eigenvalue weighted by atomic mass is 9.74.